The van der Waals surface area contributed by atoms with Gasteiger partial charge in [0.05, 0.1) is 15.6 Å². The molecule has 34 heavy (non-hydrogen) atoms. The maximum absolute atomic E-state index is 13.8. The number of carbonyl (C=O) groups is 1. The summed E-state index contributed by atoms with van der Waals surface area (Å²) in [4.78, 5) is 18.7. The summed E-state index contributed by atoms with van der Waals surface area (Å²) in [6.07, 6.45) is 3.52. The number of aryl methyl sites for hydroxylation is 2. The van der Waals surface area contributed by atoms with E-state index in [1.807, 2.05) is 40.7 Å². The van der Waals surface area contributed by atoms with Crippen LogP contribution in [0.1, 0.15) is 44.0 Å². The van der Waals surface area contributed by atoms with Crippen molar-refractivity contribution in [1.82, 2.24) is 13.9 Å². The van der Waals surface area contributed by atoms with Crippen LogP contribution in [0.5, 0.6) is 0 Å². The fourth-order valence-corrected chi connectivity index (χ4v) is 5.55. The van der Waals surface area contributed by atoms with Crippen LogP contribution in [0.4, 0.5) is 4.79 Å². The monoisotopic (exact) mass is 501 g/mol. The molecule has 2 aromatic heterocycles. The van der Waals surface area contributed by atoms with Gasteiger partial charge in [-0.3, -0.25) is 0 Å². The van der Waals surface area contributed by atoms with Crippen LogP contribution in [0.25, 0.3) is 16.6 Å². The minimum atomic E-state index is -3.95. The molecule has 0 saturated carbocycles. The van der Waals surface area contributed by atoms with Crippen LogP contribution in [0.15, 0.2) is 47.5 Å². The Labute approximate surface area is 205 Å². The largest absolute Gasteiger partial charge is 0.444 e. The summed E-state index contributed by atoms with van der Waals surface area (Å²) in [6, 6.07) is 8.49. The maximum Gasteiger partial charge on any atom is 0.410 e. The van der Waals surface area contributed by atoms with E-state index in [0.29, 0.717) is 35.6 Å². The Bertz CT molecular complexity index is 1400. The van der Waals surface area contributed by atoms with Gasteiger partial charge < -0.3 is 9.64 Å². The van der Waals surface area contributed by atoms with Gasteiger partial charge in [0.25, 0.3) is 10.0 Å². The molecule has 1 aliphatic heterocycles. The van der Waals surface area contributed by atoms with Crippen molar-refractivity contribution in [2.45, 2.75) is 51.5 Å². The zero-order valence-electron chi connectivity index (χ0n) is 19.9. The topological polar surface area (TPSA) is 81.5 Å². The minimum absolute atomic E-state index is 0.169. The third-order valence-corrected chi connectivity index (χ3v) is 7.87. The highest BCUT2D eigenvalue weighted by Gasteiger charge is 2.29. The van der Waals surface area contributed by atoms with E-state index in [9.17, 15) is 13.2 Å². The minimum Gasteiger partial charge on any atom is -0.444 e. The Hall–Kier alpha value is -2.84. The number of ether oxygens (including phenoxy) is 1. The van der Waals surface area contributed by atoms with Crippen molar-refractivity contribution in [3.05, 3.63) is 64.4 Å². The Morgan fingerprint density at radius 3 is 2.41 bits per heavy atom. The summed E-state index contributed by atoms with van der Waals surface area (Å²) in [7, 11) is -3.95. The van der Waals surface area contributed by atoms with Gasteiger partial charge in [-0.05, 0) is 70.4 Å². The summed E-state index contributed by atoms with van der Waals surface area (Å²) in [5.74, 6) is 0. The molecule has 4 rings (SSSR count). The van der Waals surface area contributed by atoms with Crippen LogP contribution in [-0.2, 0) is 14.8 Å². The molecule has 180 valence electrons. The number of nitrogens with zero attached hydrogens (tertiary/aromatic N) is 3. The average Bonchev–Trinajstić information content (AvgIpc) is 3.17. The Morgan fingerprint density at radius 1 is 1.15 bits per heavy atom. The third kappa shape index (κ3) is 4.57. The van der Waals surface area contributed by atoms with E-state index in [4.69, 9.17) is 16.3 Å². The molecule has 0 radical (unpaired) electrons. The summed E-state index contributed by atoms with van der Waals surface area (Å²) < 4.78 is 34.3. The zero-order valence-corrected chi connectivity index (χ0v) is 21.5. The molecule has 3 heterocycles. The van der Waals surface area contributed by atoms with Gasteiger partial charge in [0.1, 0.15) is 5.60 Å². The average molecular weight is 502 g/mol. The van der Waals surface area contributed by atoms with Crippen molar-refractivity contribution < 1.29 is 17.9 Å². The molecule has 9 heteroatoms. The standard InChI is InChI=1S/C25H28ClN3O4S/c1-16-6-8-19(9-7-16)34(31,32)29-21(14-20-22(26)17(2)15-27-23(20)29)18-10-12-28(13-11-18)24(30)33-25(3,4)5/h6-10,14-15H,11-13H2,1-5H3. The Morgan fingerprint density at radius 2 is 1.82 bits per heavy atom. The first-order valence-corrected chi connectivity index (χ1v) is 12.9. The van der Waals surface area contributed by atoms with E-state index in [1.165, 1.54) is 3.97 Å². The van der Waals surface area contributed by atoms with Crippen LogP contribution in [-0.4, -0.2) is 47.1 Å². The van der Waals surface area contributed by atoms with Gasteiger partial charge in [-0.15, -0.1) is 0 Å². The molecule has 7 nitrogen and oxygen atoms in total. The second-order valence-electron chi connectivity index (χ2n) is 9.51. The second kappa shape index (κ2) is 8.74. The molecule has 1 aromatic carbocycles. The van der Waals surface area contributed by atoms with Gasteiger partial charge in [0.15, 0.2) is 5.65 Å². The molecule has 0 saturated heterocycles. The van der Waals surface area contributed by atoms with Crippen LogP contribution < -0.4 is 0 Å². The molecule has 0 fully saturated rings. The van der Waals surface area contributed by atoms with Crippen molar-refractivity contribution >= 4 is 44.3 Å². The number of amides is 1. The molecule has 0 bridgehead atoms. The number of hydrogen-bond donors (Lipinski definition) is 0. The van der Waals surface area contributed by atoms with Crippen molar-refractivity contribution in [2.75, 3.05) is 13.1 Å². The number of fused-ring (bicyclic) bond motifs is 1. The lowest BCUT2D eigenvalue weighted by Crippen LogP contribution is -2.39. The molecule has 0 atom stereocenters. The number of aromatic nitrogens is 2. The van der Waals surface area contributed by atoms with E-state index in [2.05, 4.69) is 4.98 Å². The number of hydrogen-bond acceptors (Lipinski definition) is 5. The van der Waals surface area contributed by atoms with Gasteiger partial charge in [-0.25, -0.2) is 22.2 Å². The lowest BCUT2D eigenvalue weighted by atomic mass is 10.0. The summed E-state index contributed by atoms with van der Waals surface area (Å²) in [5.41, 5.74) is 2.73. The number of rotatable bonds is 3. The molecular weight excluding hydrogens is 474 g/mol. The Balaban J connectivity index is 1.82. The first kappa shape index (κ1) is 24.3. The lowest BCUT2D eigenvalue weighted by Gasteiger charge is -2.29. The van der Waals surface area contributed by atoms with Crippen molar-refractivity contribution in [3.8, 4) is 0 Å². The molecule has 3 aromatic rings. The zero-order chi connectivity index (χ0) is 24.8. The van der Waals surface area contributed by atoms with E-state index < -0.39 is 21.7 Å². The predicted octanol–water partition coefficient (Wildman–Crippen LogP) is 5.57. The van der Waals surface area contributed by atoms with Gasteiger partial charge in [0.2, 0.25) is 0 Å². The molecule has 0 unspecified atom stereocenters. The molecule has 0 spiro atoms. The smallest absolute Gasteiger partial charge is 0.410 e. The normalized spacial score (nSPS) is 14.9. The number of halogens is 1. The molecule has 1 amide bonds. The molecule has 0 aliphatic carbocycles. The number of carbonyl (C=O) groups excluding carboxylic acids is 1. The number of pyridine rings is 1. The van der Waals surface area contributed by atoms with Gasteiger partial charge in [-0.2, -0.15) is 0 Å². The van der Waals surface area contributed by atoms with Gasteiger partial charge in [0, 0.05) is 24.7 Å². The highest BCUT2D eigenvalue weighted by molar-refractivity contribution is 7.90. The van der Waals surface area contributed by atoms with Crippen LogP contribution in [0, 0.1) is 13.8 Å². The maximum atomic E-state index is 13.8. The van der Waals surface area contributed by atoms with E-state index >= 15 is 0 Å². The predicted molar refractivity (Wildman–Crippen MR) is 134 cm³/mol. The van der Waals surface area contributed by atoms with Crippen molar-refractivity contribution in [1.29, 1.82) is 0 Å². The van der Waals surface area contributed by atoms with Gasteiger partial charge >= 0.3 is 6.09 Å². The van der Waals surface area contributed by atoms with Crippen molar-refractivity contribution in [2.24, 2.45) is 0 Å². The van der Waals surface area contributed by atoms with Crippen LogP contribution in [0.3, 0.4) is 0 Å². The SMILES string of the molecule is Cc1ccc(S(=O)(=O)n2c(C3=CCN(C(=O)OC(C)(C)C)CC3)cc3c(Cl)c(C)cnc32)cc1. The van der Waals surface area contributed by atoms with E-state index in [0.717, 1.165) is 16.7 Å². The lowest BCUT2D eigenvalue weighted by molar-refractivity contribution is 0.0270. The molecule has 0 N–H and O–H groups in total. The quantitative estimate of drug-likeness (QED) is 0.468. The fraction of sp³-hybridized carbons (Fsp3) is 0.360. The van der Waals surface area contributed by atoms with E-state index in [-0.39, 0.29) is 10.5 Å². The third-order valence-electron chi connectivity index (χ3n) is 5.65. The molecule has 1 aliphatic rings. The second-order valence-corrected chi connectivity index (χ2v) is 11.7. The summed E-state index contributed by atoms with van der Waals surface area (Å²) >= 11 is 6.56. The highest BCUT2D eigenvalue weighted by atomic mass is 35.5. The summed E-state index contributed by atoms with van der Waals surface area (Å²) in [5, 5.41) is 1.04. The van der Waals surface area contributed by atoms with E-state index in [1.54, 1.807) is 41.4 Å². The summed E-state index contributed by atoms with van der Waals surface area (Å²) in [6.45, 7) is 9.93. The molecular formula is C25H28ClN3O4S. The van der Waals surface area contributed by atoms with Gasteiger partial charge in [-0.1, -0.05) is 35.4 Å². The first-order chi connectivity index (χ1) is 15.9. The fourth-order valence-electron chi connectivity index (χ4n) is 3.87. The van der Waals surface area contributed by atoms with Crippen LogP contribution in [0.2, 0.25) is 5.02 Å². The Kier molecular flexibility index (Phi) is 6.25. The van der Waals surface area contributed by atoms with Crippen molar-refractivity contribution in [3.63, 3.8) is 0 Å². The highest BCUT2D eigenvalue weighted by Crippen LogP contribution is 2.35. The number of benzene rings is 1. The first-order valence-electron chi connectivity index (χ1n) is 11.0. The van der Waals surface area contributed by atoms with Crippen LogP contribution >= 0.6 is 11.6 Å².